The number of rotatable bonds is 8. The van der Waals surface area contributed by atoms with Crippen molar-refractivity contribution in [2.75, 3.05) is 20.2 Å². The quantitative estimate of drug-likeness (QED) is 0.652. The fourth-order valence-corrected chi connectivity index (χ4v) is 3.04. The Kier molecular flexibility index (Phi) is 7.38. The highest BCUT2D eigenvalue weighted by molar-refractivity contribution is 5.94. The molecule has 1 heterocycles. The summed E-state index contributed by atoms with van der Waals surface area (Å²) in [4.78, 5) is 30.7. The highest BCUT2D eigenvalue weighted by atomic mass is 16.5. The zero-order valence-electron chi connectivity index (χ0n) is 17.5. The number of hydrogen-bond donors (Lipinski definition) is 0. The Morgan fingerprint density at radius 2 is 1.89 bits per heavy atom. The molecule has 6 heteroatoms. The Morgan fingerprint density at radius 1 is 1.21 bits per heavy atom. The van der Waals surface area contributed by atoms with E-state index in [4.69, 9.17) is 4.74 Å². The molecule has 0 saturated carbocycles. The summed E-state index contributed by atoms with van der Waals surface area (Å²) in [6.45, 7) is 9.86. The van der Waals surface area contributed by atoms with Crippen LogP contribution in [-0.4, -0.2) is 46.5 Å². The molecule has 0 aliphatic rings. The van der Waals surface area contributed by atoms with Gasteiger partial charge in [0.2, 0.25) is 0 Å². The van der Waals surface area contributed by atoms with Gasteiger partial charge in [-0.1, -0.05) is 39.8 Å². The van der Waals surface area contributed by atoms with E-state index in [-0.39, 0.29) is 23.2 Å². The molecule has 0 N–H and O–H groups in total. The van der Waals surface area contributed by atoms with Gasteiger partial charge < -0.3 is 14.2 Å². The van der Waals surface area contributed by atoms with Crippen molar-refractivity contribution >= 4 is 11.9 Å². The van der Waals surface area contributed by atoms with Gasteiger partial charge in [0.1, 0.15) is 0 Å². The number of imidazole rings is 1. The number of nitrogens with zero attached hydrogens (tertiary/aromatic N) is 3. The molecule has 6 nitrogen and oxygen atoms in total. The third-order valence-corrected chi connectivity index (χ3v) is 4.79. The molecule has 28 heavy (non-hydrogen) atoms. The number of aryl methyl sites for hydroxylation is 1. The summed E-state index contributed by atoms with van der Waals surface area (Å²) in [5, 5.41) is 0. The minimum absolute atomic E-state index is 0.0332. The van der Waals surface area contributed by atoms with Crippen LogP contribution >= 0.6 is 0 Å². The van der Waals surface area contributed by atoms with E-state index in [0.717, 1.165) is 13.0 Å². The minimum atomic E-state index is -0.379. The molecule has 0 saturated heterocycles. The van der Waals surface area contributed by atoms with Gasteiger partial charge in [0.15, 0.2) is 0 Å². The lowest BCUT2D eigenvalue weighted by Crippen LogP contribution is -2.38. The fraction of sp³-hybridized carbons (Fsp3) is 0.500. The van der Waals surface area contributed by atoms with Crippen LogP contribution in [0.15, 0.2) is 43.0 Å². The predicted molar refractivity (Wildman–Crippen MR) is 109 cm³/mol. The molecule has 0 aliphatic heterocycles. The van der Waals surface area contributed by atoms with E-state index in [1.807, 2.05) is 35.0 Å². The van der Waals surface area contributed by atoms with Gasteiger partial charge in [-0.3, -0.25) is 9.59 Å². The summed E-state index contributed by atoms with van der Waals surface area (Å²) >= 11 is 0. The summed E-state index contributed by atoms with van der Waals surface area (Å²) in [5.41, 5.74) is 1.84. The normalized spacial score (nSPS) is 12.5. The Labute approximate surface area is 167 Å². The first kappa shape index (κ1) is 21.7. The van der Waals surface area contributed by atoms with Crippen LogP contribution < -0.4 is 0 Å². The van der Waals surface area contributed by atoms with E-state index in [9.17, 15) is 9.59 Å². The molecule has 0 fully saturated rings. The maximum atomic E-state index is 13.1. The maximum Gasteiger partial charge on any atom is 0.310 e. The lowest BCUT2D eigenvalue weighted by atomic mass is 9.86. The Bertz CT molecular complexity index is 761. The van der Waals surface area contributed by atoms with Crippen molar-refractivity contribution in [1.82, 2.24) is 14.5 Å². The summed E-state index contributed by atoms with van der Waals surface area (Å²) in [6, 6.07) is 7.74. The molecule has 0 radical (unpaired) electrons. The van der Waals surface area contributed by atoms with Crippen LogP contribution in [0.3, 0.4) is 0 Å². The molecule has 1 aromatic carbocycles. The van der Waals surface area contributed by atoms with E-state index in [1.54, 1.807) is 24.3 Å². The van der Waals surface area contributed by atoms with Crippen LogP contribution in [0.5, 0.6) is 0 Å². The second-order valence-corrected chi connectivity index (χ2v) is 8.16. The lowest BCUT2D eigenvalue weighted by Gasteiger charge is -2.26. The minimum Gasteiger partial charge on any atom is -0.469 e. The van der Waals surface area contributed by atoms with E-state index in [1.165, 1.54) is 12.7 Å². The van der Waals surface area contributed by atoms with Gasteiger partial charge in [0.25, 0.3) is 5.91 Å². The fourth-order valence-electron chi connectivity index (χ4n) is 3.04. The summed E-state index contributed by atoms with van der Waals surface area (Å²) in [7, 11) is 1.37. The molecular formula is C22H31N3O3. The van der Waals surface area contributed by atoms with Gasteiger partial charge in [-0.25, -0.2) is 4.98 Å². The highest BCUT2D eigenvalue weighted by Crippen LogP contribution is 2.22. The number of carbonyl (C=O) groups is 2. The van der Waals surface area contributed by atoms with Gasteiger partial charge in [-0.15, -0.1) is 0 Å². The number of benzene rings is 1. The molecule has 2 aromatic rings. The van der Waals surface area contributed by atoms with Crippen LogP contribution in [0.2, 0.25) is 0 Å². The Hall–Kier alpha value is -2.63. The smallest absolute Gasteiger partial charge is 0.310 e. The number of esters is 1. The third-order valence-electron chi connectivity index (χ3n) is 4.79. The first-order valence-electron chi connectivity index (χ1n) is 9.65. The summed E-state index contributed by atoms with van der Waals surface area (Å²) in [6.07, 6.45) is 6.16. The van der Waals surface area contributed by atoms with Gasteiger partial charge in [0.05, 0.1) is 19.4 Å². The predicted octanol–water partition coefficient (Wildman–Crippen LogP) is 3.52. The molecule has 1 unspecified atom stereocenters. The Morgan fingerprint density at radius 3 is 2.43 bits per heavy atom. The van der Waals surface area contributed by atoms with Crippen molar-refractivity contribution in [2.24, 2.45) is 5.92 Å². The van der Waals surface area contributed by atoms with Crippen molar-refractivity contribution in [3.05, 3.63) is 54.1 Å². The standard InChI is InChI=1S/C22H31N3O3/c1-17(21(27)28-5)15-25(13-6-12-24-14-11-23-16-24)20(26)18-7-9-19(10-8-18)22(2,3)4/h7-11,14,16-17H,6,12-13,15H2,1-5H3. The van der Waals surface area contributed by atoms with E-state index >= 15 is 0 Å². The van der Waals surface area contributed by atoms with E-state index in [0.29, 0.717) is 18.7 Å². The molecule has 1 aromatic heterocycles. The van der Waals surface area contributed by atoms with Crippen LogP contribution in [0, 0.1) is 5.92 Å². The van der Waals surface area contributed by atoms with Crippen LogP contribution in [0.1, 0.15) is 50.0 Å². The van der Waals surface area contributed by atoms with Gasteiger partial charge in [-0.2, -0.15) is 0 Å². The van der Waals surface area contributed by atoms with Crippen molar-refractivity contribution in [1.29, 1.82) is 0 Å². The third kappa shape index (κ3) is 5.94. The molecule has 0 aliphatic carbocycles. The van der Waals surface area contributed by atoms with Crippen LogP contribution in [0.4, 0.5) is 0 Å². The number of carbonyl (C=O) groups excluding carboxylic acids is 2. The van der Waals surface area contributed by atoms with Crippen molar-refractivity contribution in [3.63, 3.8) is 0 Å². The van der Waals surface area contributed by atoms with Crippen molar-refractivity contribution in [2.45, 2.75) is 46.1 Å². The molecule has 1 atom stereocenters. The first-order chi connectivity index (χ1) is 13.2. The van der Waals surface area contributed by atoms with Gasteiger partial charge in [-0.05, 0) is 29.5 Å². The first-order valence-corrected chi connectivity index (χ1v) is 9.65. The number of aromatic nitrogens is 2. The zero-order chi connectivity index (χ0) is 20.7. The number of hydrogen-bond acceptors (Lipinski definition) is 4. The van der Waals surface area contributed by atoms with E-state index in [2.05, 4.69) is 25.8 Å². The zero-order valence-corrected chi connectivity index (χ0v) is 17.5. The molecular weight excluding hydrogens is 354 g/mol. The van der Waals surface area contributed by atoms with Crippen molar-refractivity contribution in [3.8, 4) is 0 Å². The molecule has 0 bridgehead atoms. The topological polar surface area (TPSA) is 64.4 Å². The largest absolute Gasteiger partial charge is 0.469 e. The SMILES string of the molecule is COC(=O)C(C)CN(CCCn1ccnc1)C(=O)c1ccc(C(C)(C)C)cc1. The molecule has 152 valence electrons. The molecule has 0 spiro atoms. The highest BCUT2D eigenvalue weighted by Gasteiger charge is 2.23. The second kappa shape index (κ2) is 9.53. The molecule has 1 amide bonds. The van der Waals surface area contributed by atoms with Crippen LogP contribution in [-0.2, 0) is 21.5 Å². The maximum absolute atomic E-state index is 13.1. The number of methoxy groups -OCH3 is 1. The lowest BCUT2D eigenvalue weighted by molar-refractivity contribution is -0.145. The van der Waals surface area contributed by atoms with Crippen LogP contribution in [0.25, 0.3) is 0 Å². The monoisotopic (exact) mass is 385 g/mol. The average Bonchev–Trinajstić information content (AvgIpc) is 3.18. The number of amides is 1. The summed E-state index contributed by atoms with van der Waals surface area (Å²) < 4.78 is 6.80. The summed E-state index contributed by atoms with van der Waals surface area (Å²) in [5.74, 6) is -0.756. The Balaban J connectivity index is 2.11. The van der Waals surface area contributed by atoms with Gasteiger partial charge in [0, 0.05) is 37.6 Å². The van der Waals surface area contributed by atoms with E-state index < -0.39 is 0 Å². The molecule has 2 rings (SSSR count). The van der Waals surface area contributed by atoms with Gasteiger partial charge >= 0.3 is 5.97 Å². The second-order valence-electron chi connectivity index (χ2n) is 8.16. The van der Waals surface area contributed by atoms with Crippen molar-refractivity contribution < 1.29 is 14.3 Å². The number of ether oxygens (including phenoxy) is 1. The average molecular weight is 386 g/mol.